The molecule has 0 atom stereocenters. The molecule has 1 aromatic carbocycles. The van der Waals surface area contributed by atoms with Gasteiger partial charge in [-0.15, -0.1) is 0 Å². The molecule has 8 nitrogen and oxygen atoms in total. The second-order valence-electron chi connectivity index (χ2n) is 9.29. The van der Waals surface area contributed by atoms with Crippen LogP contribution in [0.5, 0.6) is 5.75 Å². The molecule has 0 unspecified atom stereocenters. The molecule has 0 amide bonds. The van der Waals surface area contributed by atoms with Gasteiger partial charge >= 0.3 is 10.1 Å². The number of benzene rings is 1. The van der Waals surface area contributed by atoms with E-state index in [0.29, 0.717) is 5.75 Å². The first-order valence-corrected chi connectivity index (χ1v) is 13.4. The van der Waals surface area contributed by atoms with Gasteiger partial charge in [0.05, 0.1) is 17.3 Å². The third-order valence-corrected chi connectivity index (χ3v) is 7.11. The van der Waals surface area contributed by atoms with Crippen molar-refractivity contribution in [3.63, 3.8) is 0 Å². The van der Waals surface area contributed by atoms with E-state index in [-0.39, 0.29) is 0 Å². The van der Waals surface area contributed by atoms with Crippen LogP contribution in [0, 0.1) is 13.8 Å². The molecule has 3 aromatic rings. The minimum Gasteiger partial charge on any atom is -0.382 e. The average molecular weight is 470 g/mol. The lowest BCUT2D eigenvalue weighted by Gasteiger charge is -2.21. The fourth-order valence-corrected chi connectivity index (χ4v) is 5.62. The van der Waals surface area contributed by atoms with E-state index < -0.39 is 10.1 Å². The van der Waals surface area contributed by atoms with Crippen LogP contribution < -0.4 is 14.0 Å². The van der Waals surface area contributed by atoms with Gasteiger partial charge in [0.25, 0.3) is 0 Å². The number of aromatic nitrogens is 3. The zero-order valence-electron chi connectivity index (χ0n) is 19.8. The number of hydrogen-bond acceptors (Lipinski definition) is 7. The van der Waals surface area contributed by atoms with Crippen LogP contribution in [-0.4, -0.2) is 55.4 Å². The van der Waals surface area contributed by atoms with Gasteiger partial charge in [-0.05, 0) is 74.4 Å². The minimum absolute atomic E-state index is 0.397. The normalized spacial score (nSPS) is 16.8. The van der Waals surface area contributed by atoms with Crippen LogP contribution in [-0.2, 0) is 17.2 Å². The Hall–Kier alpha value is -2.81. The van der Waals surface area contributed by atoms with E-state index >= 15 is 0 Å². The minimum atomic E-state index is -3.59. The summed E-state index contributed by atoms with van der Waals surface area (Å²) in [6.45, 7) is 7.79. The topological polar surface area (TPSA) is 80.6 Å². The van der Waals surface area contributed by atoms with Gasteiger partial charge in [0, 0.05) is 33.2 Å². The zero-order valence-corrected chi connectivity index (χ0v) is 20.6. The van der Waals surface area contributed by atoms with Gasteiger partial charge in [-0.25, -0.2) is 0 Å². The molecule has 0 saturated carbocycles. The van der Waals surface area contributed by atoms with Gasteiger partial charge in [-0.3, -0.25) is 0 Å². The standard InChI is InChI=1S/C24H31N5O3S/c1-16-13-18(14-17(2)21(16)32-33(4,30)31)20-15-19-22(27(20)3)25-24(29-11-7-8-12-29)26-23(19)28-9-5-6-10-28/h13-15H,5-12H2,1-4H3. The zero-order chi connectivity index (χ0) is 23.3. The van der Waals surface area contributed by atoms with Gasteiger partial charge < -0.3 is 18.6 Å². The Morgan fingerprint density at radius 3 is 2.03 bits per heavy atom. The monoisotopic (exact) mass is 469 g/mol. The van der Waals surface area contributed by atoms with Crippen molar-refractivity contribution in [2.45, 2.75) is 39.5 Å². The summed E-state index contributed by atoms with van der Waals surface area (Å²) in [5.41, 5.74) is 4.51. The number of fused-ring (bicyclic) bond motifs is 1. The van der Waals surface area contributed by atoms with Crippen LogP contribution in [0.2, 0.25) is 0 Å². The summed E-state index contributed by atoms with van der Waals surface area (Å²) in [6.07, 6.45) is 5.80. The molecule has 2 aromatic heterocycles. The van der Waals surface area contributed by atoms with Crippen molar-refractivity contribution in [2.75, 3.05) is 42.2 Å². The van der Waals surface area contributed by atoms with Crippen molar-refractivity contribution in [1.29, 1.82) is 0 Å². The second-order valence-corrected chi connectivity index (χ2v) is 10.9. The lowest BCUT2D eigenvalue weighted by Crippen LogP contribution is -2.24. The Labute approximate surface area is 195 Å². The van der Waals surface area contributed by atoms with E-state index in [9.17, 15) is 8.42 Å². The van der Waals surface area contributed by atoms with E-state index in [0.717, 1.165) is 77.6 Å². The largest absolute Gasteiger partial charge is 0.382 e. The Balaban J connectivity index is 1.65. The molecule has 5 rings (SSSR count). The maximum Gasteiger partial charge on any atom is 0.306 e. The van der Waals surface area contributed by atoms with E-state index in [1.807, 2.05) is 33.0 Å². The Bertz CT molecular complexity index is 1300. The highest BCUT2D eigenvalue weighted by Gasteiger charge is 2.25. The predicted molar refractivity (Wildman–Crippen MR) is 132 cm³/mol. The number of hydrogen-bond donors (Lipinski definition) is 0. The van der Waals surface area contributed by atoms with E-state index in [4.69, 9.17) is 14.2 Å². The predicted octanol–water partition coefficient (Wildman–Crippen LogP) is 3.79. The summed E-state index contributed by atoms with van der Waals surface area (Å²) < 4.78 is 30.7. The van der Waals surface area contributed by atoms with E-state index in [2.05, 4.69) is 20.4 Å². The van der Waals surface area contributed by atoms with Gasteiger partial charge in [0.2, 0.25) is 5.95 Å². The molecule has 0 aliphatic carbocycles. The van der Waals surface area contributed by atoms with Gasteiger partial charge in [0.15, 0.2) is 0 Å². The summed E-state index contributed by atoms with van der Waals surface area (Å²) in [5, 5.41) is 1.06. The highest BCUT2D eigenvalue weighted by Crippen LogP contribution is 2.37. The first kappa shape index (κ1) is 22.0. The summed E-state index contributed by atoms with van der Waals surface area (Å²) in [5.74, 6) is 2.24. The van der Waals surface area contributed by atoms with Crippen molar-refractivity contribution in [3.05, 3.63) is 29.3 Å². The van der Waals surface area contributed by atoms with Gasteiger partial charge in [-0.2, -0.15) is 18.4 Å². The molecule has 4 heterocycles. The molecule has 2 saturated heterocycles. The first-order valence-electron chi connectivity index (χ1n) is 11.6. The molecular weight excluding hydrogens is 438 g/mol. The van der Waals surface area contributed by atoms with E-state index in [1.165, 1.54) is 25.7 Å². The maximum absolute atomic E-state index is 11.7. The third-order valence-electron chi connectivity index (χ3n) is 6.64. The molecule has 176 valence electrons. The van der Waals surface area contributed by atoms with E-state index in [1.54, 1.807) is 0 Å². The quantitative estimate of drug-likeness (QED) is 0.526. The molecule has 9 heteroatoms. The molecule has 0 radical (unpaired) electrons. The summed E-state index contributed by atoms with van der Waals surface area (Å²) >= 11 is 0. The van der Waals surface area contributed by atoms with Crippen molar-refractivity contribution in [2.24, 2.45) is 7.05 Å². The molecule has 0 bridgehead atoms. The fraction of sp³-hybridized carbons (Fsp3) is 0.500. The Morgan fingerprint density at radius 2 is 1.45 bits per heavy atom. The summed E-state index contributed by atoms with van der Waals surface area (Å²) in [6, 6.07) is 6.13. The van der Waals surface area contributed by atoms with Gasteiger partial charge in [0.1, 0.15) is 17.2 Å². The SMILES string of the molecule is Cc1cc(-c2cc3c(N4CCCC4)nc(N4CCCC4)nc3n2C)cc(C)c1OS(C)(=O)=O. The van der Waals surface area contributed by atoms with Crippen molar-refractivity contribution in [1.82, 2.24) is 14.5 Å². The molecule has 0 spiro atoms. The average Bonchev–Trinajstić information content (AvgIpc) is 3.51. The number of anilines is 2. The van der Waals surface area contributed by atoms with Crippen molar-refractivity contribution in [3.8, 4) is 17.0 Å². The maximum atomic E-state index is 11.7. The number of nitrogens with zero attached hydrogens (tertiary/aromatic N) is 5. The Morgan fingerprint density at radius 1 is 0.879 bits per heavy atom. The molecule has 33 heavy (non-hydrogen) atoms. The first-order chi connectivity index (χ1) is 15.7. The Kier molecular flexibility index (Phi) is 5.47. The second kappa shape index (κ2) is 8.20. The van der Waals surface area contributed by atoms with Crippen LogP contribution in [0.3, 0.4) is 0 Å². The van der Waals surface area contributed by atoms with Crippen LogP contribution in [0.25, 0.3) is 22.3 Å². The molecule has 2 aliphatic rings. The smallest absolute Gasteiger partial charge is 0.306 e. The fourth-order valence-electron chi connectivity index (χ4n) is 5.05. The molecule has 2 fully saturated rings. The van der Waals surface area contributed by atoms with Crippen LogP contribution in [0.4, 0.5) is 11.8 Å². The molecular formula is C24H31N5O3S. The highest BCUT2D eigenvalue weighted by atomic mass is 32.2. The summed E-state index contributed by atoms with van der Waals surface area (Å²) in [4.78, 5) is 14.7. The number of rotatable bonds is 5. The van der Waals surface area contributed by atoms with Crippen LogP contribution in [0.15, 0.2) is 18.2 Å². The number of aryl methyl sites for hydroxylation is 3. The molecule has 2 aliphatic heterocycles. The highest BCUT2D eigenvalue weighted by molar-refractivity contribution is 7.86. The third kappa shape index (κ3) is 4.14. The van der Waals surface area contributed by atoms with Gasteiger partial charge in [-0.1, -0.05) is 0 Å². The summed E-state index contributed by atoms with van der Waals surface area (Å²) in [7, 11) is -1.55. The van der Waals surface area contributed by atoms with Crippen LogP contribution in [0.1, 0.15) is 36.8 Å². The van der Waals surface area contributed by atoms with Crippen molar-refractivity contribution < 1.29 is 12.6 Å². The van der Waals surface area contributed by atoms with Crippen molar-refractivity contribution >= 4 is 32.9 Å². The lowest BCUT2D eigenvalue weighted by molar-refractivity contribution is 0.489. The van der Waals surface area contributed by atoms with Crippen LogP contribution >= 0.6 is 0 Å². The molecule has 0 N–H and O–H groups in total. The lowest BCUT2D eigenvalue weighted by atomic mass is 10.0.